The molecule has 0 aliphatic heterocycles. The Morgan fingerprint density at radius 3 is 1.44 bits per heavy atom. The summed E-state index contributed by atoms with van der Waals surface area (Å²) in [6.07, 6.45) is 20.2. The fraction of sp³-hybridized carbons (Fsp3) is 0.0588. The third-order valence-corrected chi connectivity index (χ3v) is 11.7. The molecule has 0 atom stereocenters. The maximum atomic E-state index is 6.92. The van der Waals surface area contributed by atoms with Crippen molar-refractivity contribution in [1.82, 2.24) is 9.13 Å². The van der Waals surface area contributed by atoms with E-state index >= 15 is 0 Å². The number of aromatic nitrogens is 2. The summed E-state index contributed by atoms with van der Waals surface area (Å²) in [4.78, 5) is 0. The maximum absolute atomic E-state index is 6.92. The summed E-state index contributed by atoms with van der Waals surface area (Å²) in [5, 5.41) is 8.06. The SMILES string of the molecule is C1=CC=C(c2cc(-n3c4ccccc4c4ccccc43)cc3c2oc2oc4c(C5=CC=CCC5)cc(-n5c6ccccc6c6ccccc65)cc4c23)CC=C1. The van der Waals surface area contributed by atoms with Crippen molar-refractivity contribution >= 4 is 87.9 Å². The molecule has 55 heavy (non-hydrogen) atoms. The summed E-state index contributed by atoms with van der Waals surface area (Å²) in [6.45, 7) is 0. The number of hydrogen-bond donors (Lipinski definition) is 0. The molecule has 260 valence electrons. The van der Waals surface area contributed by atoms with Gasteiger partial charge < -0.3 is 18.0 Å². The van der Waals surface area contributed by atoms with Gasteiger partial charge in [0.15, 0.2) is 0 Å². The van der Waals surface area contributed by atoms with Crippen LogP contribution >= 0.6 is 0 Å². The first kappa shape index (κ1) is 30.4. The summed E-state index contributed by atoms with van der Waals surface area (Å²) in [7, 11) is 0. The Bertz CT molecular complexity index is 3290. The average Bonchev–Trinajstić information content (AvgIpc) is 3.91. The molecule has 0 N–H and O–H groups in total. The number of hydrogen-bond acceptors (Lipinski definition) is 2. The van der Waals surface area contributed by atoms with Gasteiger partial charge in [0.2, 0.25) is 0 Å². The van der Waals surface area contributed by atoms with E-state index in [1.54, 1.807) is 0 Å². The van der Waals surface area contributed by atoms with Crippen molar-refractivity contribution in [2.45, 2.75) is 19.3 Å². The Morgan fingerprint density at radius 2 is 0.927 bits per heavy atom. The zero-order valence-corrected chi connectivity index (χ0v) is 30.0. The highest BCUT2D eigenvalue weighted by atomic mass is 16.5. The fourth-order valence-electron chi connectivity index (χ4n) is 9.23. The predicted octanol–water partition coefficient (Wildman–Crippen LogP) is 14.2. The fourth-order valence-corrected chi connectivity index (χ4v) is 9.23. The lowest BCUT2D eigenvalue weighted by Gasteiger charge is -2.15. The molecule has 2 aliphatic rings. The normalized spacial score (nSPS) is 14.7. The second-order valence-corrected chi connectivity index (χ2v) is 14.7. The molecule has 6 aromatic carbocycles. The van der Waals surface area contributed by atoms with Gasteiger partial charge in [-0.05, 0) is 78.9 Å². The molecule has 4 aromatic heterocycles. The molecule has 0 fully saturated rings. The van der Waals surface area contributed by atoms with Crippen LogP contribution in [0, 0.1) is 0 Å². The molecule has 0 saturated heterocycles. The van der Waals surface area contributed by atoms with Gasteiger partial charge in [-0.1, -0.05) is 121 Å². The second-order valence-electron chi connectivity index (χ2n) is 14.7. The Labute approximate surface area is 316 Å². The van der Waals surface area contributed by atoms with E-state index in [1.165, 1.54) is 54.8 Å². The van der Waals surface area contributed by atoms with E-state index in [1.807, 2.05) is 0 Å². The van der Waals surface area contributed by atoms with E-state index in [4.69, 9.17) is 8.83 Å². The zero-order chi connectivity index (χ0) is 36.0. The lowest BCUT2D eigenvalue weighted by atomic mass is 9.94. The van der Waals surface area contributed by atoms with Gasteiger partial charge in [-0.15, -0.1) is 0 Å². The number of nitrogens with zero attached hydrogens (tertiary/aromatic N) is 2. The first-order valence-electron chi connectivity index (χ1n) is 19.1. The van der Waals surface area contributed by atoms with Gasteiger partial charge in [-0.25, -0.2) is 0 Å². The molecule has 0 radical (unpaired) electrons. The summed E-state index contributed by atoms with van der Waals surface area (Å²) < 4.78 is 18.7. The van der Waals surface area contributed by atoms with E-state index < -0.39 is 0 Å². The molecule has 0 unspecified atom stereocenters. The largest absolute Gasteiger partial charge is 0.424 e. The zero-order valence-electron chi connectivity index (χ0n) is 30.0. The van der Waals surface area contributed by atoms with Crippen LogP contribution in [0.1, 0.15) is 30.4 Å². The van der Waals surface area contributed by atoms with Crippen LogP contribution in [0.2, 0.25) is 0 Å². The van der Waals surface area contributed by atoms with E-state index in [-0.39, 0.29) is 0 Å². The minimum Gasteiger partial charge on any atom is -0.424 e. The summed E-state index contributed by atoms with van der Waals surface area (Å²) in [6, 6.07) is 44.1. The molecule has 10 aromatic rings. The highest BCUT2D eigenvalue weighted by molar-refractivity contribution is 6.21. The minimum absolute atomic E-state index is 0.554. The van der Waals surface area contributed by atoms with Crippen molar-refractivity contribution in [3.05, 3.63) is 181 Å². The first-order chi connectivity index (χ1) is 27.3. The average molecular weight is 707 g/mol. The molecule has 2 aliphatic carbocycles. The van der Waals surface area contributed by atoms with Crippen molar-refractivity contribution in [3.63, 3.8) is 0 Å². The third kappa shape index (κ3) is 4.46. The van der Waals surface area contributed by atoms with Crippen LogP contribution in [0.3, 0.4) is 0 Å². The highest BCUT2D eigenvalue weighted by Gasteiger charge is 2.26. The van der Waals surface area contributed by atoms with Crippen LogP contribution in [-0.2, 0) is 0 Å². The van der Waals surface area contributed by atoms with Gasteiger partial charge >= 0.3 is 0 Å². The van der Waals surface area contributed by atoms with Gasteiger partial charge in [0, 0.05) is 54.8 Å². The molecule has 0 saturated carbocycles. The van der Waals surface area contributed by atoms with E-state index in [9.17, 15) is 0 Å². The Morgan fingerprint density at radius 1 is 0.436 bits per heavy atom. The van der Waals surface area contributed by atoms with Crippen LogP contribution in [0.15, 0.2) is 179 Å². The maximum Gasteiger partial charge on any atom is 0.299 e. The van der Waals surface area contributed by atoms with E-state index in [0.717, 1.165) is 69.1 Å². The number of benzene rings is 6. The third-order valence-electron chi connectivity index (χ3n) is 11.7. The topological polar surface area (TPSA) is 36.1 Å². The Balaban J connectivity index is 1.22. The van der Waals surface area contributed by atoms with E-state index in [0.29, 0.717) is 5.78 Å². The lowest BCUT2D eigenvalue weighted by molar-refractivity contribution is 0.523. The molecule has 0 amide bonds. The molecular formula is C51H34N2O2. The highest BCUT2D eigenvalue weighted by Crippen LogP contribution is 2.46. The van der Waals surface area contributed by atoms with Crippen LogP contribution in [-0.4, -0.2) is 9.13 Å². The molecule has 12 rings (SSSR count). The van der Waals surface area contributed by atoms with Gasteiger partial charge in [0.05, 0.1) is 27.5 Å². The molecule has 4 heterocycles. The lowest BCUT2D eigenvalue weighted by Crippen LogP contribution is -1.97. The van der Waals surface area contributed by atoms with Crippen molar-refractivity contribution in [1.29, 1.82) is 0 Å². The van der Waals surface area contributed by atoms with E-state index in [2.05, 4.69) is 179 Å². The van der Waals surface area contributed by atoms with Gasteiger partial charge in [-0.2, -0.15) is 0 Å². The second kappa shape index (κ2) is 11.7. The first-order valence-corrected chi connectivity index (χ1v) is 19.1. The number of allylic oxidation sites excluding steroid dienone is 10. The van der Waals surface area contributed by atoms with Crippen LogP contribution < -0.4 is 0 Å². The van der Waals surface area contributed by atoms with Crippen molar-refractivity contribution in [2.75, 3.05) is 0 Å². The molecule has 0 spiro atoms. The van der Waals surface area contributed by atoms with Crippen molar-refractivity contribution in [3.8, 4) is 11.4 Å². The monoisotopic (exact) mass is 706 g/mol. The smallest absolute Gasteiger partial charge is 0.299 e. The van der Waals surface area contributed by atoms with Crippen LogP contribution in [0.25, 0.3) is 99.2 Å². The summed E-state index contributed by atoms with van der Waals surface area (Å²) >= 11 is 0. The van der Waals surface area contributed by atoms with Gasteiger partial charge in [-0.3, -0.25) is 0 Å². The van der Waals surface area contributed by atoms with Crippen molar-refractivity contribution < 1.29 is 8.83 Å². The Kier molecular flexibility index (Phi) is 6.49. The standard InChI is InChI=1S/C51H34N2O2/c1-2-5-17-32(16-4-1)40-28-34(52-44-24-12-8-20-36(44)37-21-9-13-25-45(37)52)30-42-48-43-31-35(53-46-26-14-10-22-38(46)39-23-11-15-27-47(39)53)29-41(33-18-6-3-7-19-33)50(43)55-51(48)54-49(40)42/h1-6,8-16,18,20-31H,7,17,19H2. The number of para-hydroxylation sites is 4. The van der Waals surface area contributed by atoms with Crippen LogP contribution in [0.4, 0.5) is 0 Å². The molecule has 4 nitrogen and oxygen atoms in total. The van der Waals surface area contributed by atoms with Gasteiger partial charge in [0.1, 0.15) is 11.2 Å². The predicted molar refractivity (Wildman–Crippen MR) is 229 cm³/mol. The molecule has 4 heteroatoms. The van der Waals surface area contributed by atoms with Gasteiger partial charge in [0.25, 0.3) is 5.78 Å². The number of rotatable bonds is 4. The van der Waals surface area contributed by atoms with Crippen LogP contribution in [0.5, 0.6) is 0 Å². The summed E-state index contributed by atoms with van der Waals surface area (Å²) in [5.74, 6) is 0.554. The minimum atomic E-state index is 0.554. The van der Waals surface area contributed by atoms with Crippen molar-refractivity contribution in [2.24, 2.45) is 0 Å². The molecule has 0 bridgehead atoms. The Hall–Kier alpha value is -7.04. The quantitative estimate of drug-likeness (QED) is 0.183. The molecular weight excluding hydrogens is 673 g/mol. The number of furan rings is 2. The summed E-state index contributed by atoms with van der Waals surface area (Å²) in [5.41, 5.74) is 13.3. The number of fused-ring (bicyclic) bond motifs is 11.